The van der Waals surface area contributed by atoms with Crippen LogP contribution in [0.4, 0.5) is 0 Å². The summed E-state index contributed by atoms with van der Waals surface area (Å²) in [5.74, 6) is 2.75. The van der Waals surface area contributed by atoms with Crippen molar-refractivity contribution in [1.82, 2.24) is 4.90 Å². The lowest BCUT2D eigenvalue weighted by Gasteiger charge is -2.58. The molecule has 4 saturated carbocycles. The van der Waals surface area contributed by atoms with Crippen molar-refractivity contribution in [2.75, 3.05) is 19.6 Å². The van der Waals surface area contributed by atoms with Crippen LogP contribution in [-0.2, 0) is 4.79 Å². The van der Waals surface area contributed by atoms with Crippen LogP contribution in [0.25, 0.3) is 0 Å². The molecule has 3 nitrogen and oxygen atoms in total. The Bertz CT molecular complexity index is 429. The lowest BCUT2D eigenvalue weighted by atomic mass is 9.49. The second-order valence-corrected chi connectivity index (χ2v) is 8.05. The van der Waals surface area contributed by atoms with Crippen LogP contribution in [0.3, 0.4) is 0 Å². The summed E-state index contributed by atoms with van der Waals surface area (Å²) in [6, 6.07) is 2.20. The highest BCUT2D eigenvalue weighted by Crippen LogP contribution is 2.60. The fraction of sp³-hybridized carbons (Fsp3) is 0.882. The van der Waals surface area contributed by atoms with Gasteiger partial charge in [-0.15, -0.1) is 0 Å². The van der Waals surface area contributed by atoms with Gasteiger partial charge in [0.2, 0.25) is 0 Å². The Morgan fingerprint density at radius 1 is 1.15 bits per heavy atom. The van der Waals surface area contributed by atoms with Crippen LogP contribution in [0.1, 0.15) is 44.9 Å². The minimum atomic E-state index is -0.363. The Balaban J connectivity index is 1.46. The van der Waals surface area contributed by atoms with E-state index in [4.69, 9.17) is 5.26 Å². The number of ketones is 1. The van der Waals surface area contributed by atoms with Crippen LogP contribution in [0.15, 0.2) is 0 Å². The summed E-state index contributed by atoms with van der Waals surface area (Å²) in [4.78, 5) is 14.1. The van der Waals surface area contributed by atoms with Gasteiger partial charge in [0, 0.05) is 26.1 Å². The van der Waals surface area contributed by atoms with E-state index < -0.39 is 0 Å². The normalized spacial score (nSPS) is 47.5. The number of carbonyl (C=O) groups excluding carboxylic acids is 1. The summed E-state index contributed by atoms with van der Waals surface area (Å²) >= 11 is 0. The third kappa shape index (κ3) is 2.09. The molecule has 0 aromatic heterocycles. The van der Waals surface area contributed by atoms with Crippen LogP contribution in [-0.4, -0.2) is 30.3 Å². The van der Waals surface area contributed by atoms with Crippen LogP contribution >= 0.6 is 0 Å². The molecular formula is C17H24N2O. The van der Waals surface area contributed by atoms with E-state index in [9.17, 15) is 4.79 Å². The summed E-state index contributed by atoms with van der Waals surface area (Å²) in [5.41, 5.74) is 0.537. The third-order valence-corrected chi connectivity index (χ3v) is 6.38. The molecule has 0 spiro atoms. The highest BCUT2D eigenvalue weighted by molar-refractivity contribution is 5.84. The van der Waals surface area contributed by atoms with Gasteiger partial charge in [-0.1, -0.05) is 0 Å². The number of nitriles is 1. The molecule has 0 radical (unpaired) electrons. The molecule has 0 aromatic rings. The molecule has 1 saturated heterocycles. The lowest BCUT2D eigenvalue weighted by molar-refractivity contribution is -0.126. The Morgan fingerprint density at radius 3 is 2.30 bits per heavy atom. The van der Waals surface area contributed by atoms with Crippen molar-refractivity contribution < 1.29 is 4.79 Å². The molecule has 20 heavy (non-hydrogen) atoms. The molecule has 108 valence electrons. The molecule has 1 heterocycles. The van der Waals surface area contributed by atoms with Gasteiger partial charge in [0.1, 0.15) is 5.92 Å². The Hall–Kier alpha value is -0.880. The zero-order chi connectivity index (χ0) is 13.7. The monoisotopic (exact) mass is 272 g/mol. The largest absolute Gasteiger partial charge is 0.301 e. The first-order valence-electron chi connectivity index (χ1n) is 8.30. The van der Waals surface area contributed by atoms with Gasteiger partial charge in [0.15, 0.2) is 5.78 Å². The van der Waals surface area contributed by atoms with Crippen molar-refractivity contribution in [3.8, 4) is 6.07 Å². The summed E-state index contributed by atoms with van der Waals surface area (Å²) < 4.78 is 0. The van der Waals surface area contributed by atoms with E-state index in [0.29, 0.717) is 18.4 Å². The highest BCUT2D eigenvalue weighted by Gasteiger charge is 2.51. The minimum absolute atomic E-state index is 0.161. The Kier molecular flexibility index (Phi) is 2.93. The quantitative estimate of drug-likeness (QED) is 0.776. The van der Waals surface area contributed by atoms with E-state index in [2.05, 4.69) is 11.0 Å². The maximum absolute atomic E-state index is 11.7. The SMILES string of the molecule is N#CC1CN(CC23CC4CC(CC(C4)C2)C3)CCC1=O. The molecular weight excluding hydrogens is 248 g/mol. The summed E-state index contributed by atoms with van der Waals surface area (Å²) in [6.45, 7) is 2.73. The molecule has 1 atom stereocenters. The maximum Gasteiger partial charge on any atom is 0.152 e. The number of hydrogen-bond donors (Lipinski definition) is 0. The Morgan fingerprint density at radius 2 is 1.75 bits per heavy atom. The zero-order valence-electron chi connectivity index (χ0n) is 12.2. The standard InChI is InChI=1S/C17H24N2O/c18-9-15-10-19(2-1-16(15)20)11-17-6-12-3-13(7-17)5-14(4-12)8-17/h12-15H,1-8,10-11H2. The van der Waals surface area contributed by atoms with Crippen LogP contribution in [0, 0.1) is 40.4 Å². The number of rotatable bonds is 2. The summed E-state index contributed by atoms with van der Waals surface area (Å²) in [6.07, 6.45) is 9.29. The van der Waals surface area contributed by atoms with Crippen LogP contribution in [0.5, 0.6) is 0 Å². The molecule has 4 aliphatic carbocycles. The van der Waals surface area contributed by atoms with E-state index in [-0.39, 0.29) is 11.7 Å². The van der Waals surface area contributed by atoms with Gasteiger partial charge in [0.05, 0.1) is 6.07 Å². The van der Waals surface area contributed by atoms with Crippen molar-refractivity contribution in [2.45, 2.75) is 44.9 Å². The predicted octanol–water partition coefficient (Wildman–Crippen LogP) is 2.62. The first-order chi connectivity index (χ1) is 9.66. The lowest BCUT2D eigenvalue weighted by Crippen LogP contribution is -2.53. The maximum atomic E-state index is 11.7. The fourth-order valence-corrected chi connectivity index (χ4v) is 6.11. The van der Waals surface area contributed by atoms with Gasteiger partial charge in [-0.05, 0) is 61.7 Å². The minimum Gasteiger partial charge on any atom is -0.301 e. The topological polar surface area (TPSA) is 44.1 Å². The average molecular weight is 272 g/mol. The van der Waals surface area contributed by atoms with Crippen LogP contribution in [0.2, 0.25) is 0 Å². The number of nitrogens with zero attached hydrogens (tertiary/aromatic N) is 2. The van der Waals surface area contributed by atoms with Gasteiger partial charge in [0.25, 0.3) is 0 Å². The average Bonchev–Trinajstić information content (AvgIpc) is 2.39. The fourth-order valence-electron chi connectivity index (χ4n) is 6.11. The summed E-state index contributed by atoms with van der Waals surface area (Å²) in [7, 11) is 0. The number of piperidine rings is 1. The second-order valence-electron chi connectivity index (χ2n) is 8.05. The predicted molar refractivity (Wildman–Crippen MR) is 75.8 cm³/mol. The van der Waals surface area contributed by atoms with Gasteiger partial charge in [-0.25, -0.2) is 0 Å². The van der Waals surface area contributed by atoms with Crippen molar-refractivity contribution in [3.05, 3.63) is 0 Å². The molecule has 0 N–H and O–H groups in total. The Labute approximate surface area is 121 Å². The van der Waals surface area contributed by atoms with E-state index >= 15 is 0 Å². The molecule has 5 aliphatic rings. The number of hydrogen-bond acceptors (Lipinski definition) is 3. The first-order valence-corrected chi connectivity index (χ1v) is 8.30. The van der Waals surface area contributed by atoms with Gasteiger partial charge < -0.3 is 4.90 Å². The number of likely N-dealkylation sites (tertiary alicyclic amines) is 1. The number of Topliss-reactive ketones (excluding diaryl/α,β-unsaturated/α-hetero) is 1. The first kappa shape index (κ1) is 12.8. The number of carbonyl (C=O) groups is 1. The van der Waals surface area contributed by atoms with E-state index in [1.807, 2.05) is 0 Å². The van der Waals surface area contributed by atoms with E-state index in [0.717, 1.165) is 30.8 Å². The van der Waals surface area contributed by atoms with E-state index in [1.165, 1.54) is 38.5 Å². The van der Waals surface area contributed by atoms with Crippen molar-refractivity contribution in [1.29, 1.82) is 5.26 Å². The van der Waals surface area contributed by atoms with Gasteiger partial charge >= 0.3 is 0 Å². The molecule has 0 amide bonds. The molecule has 4 bridgehead atoms. The third-order valence-electron chi connectivity index (χ3n) is 6.38. The zero-order valence-corrected chi connectivity index (χ0v) is 12.2. The van der Waals surface area contributed by atoms with E-state index in [1.54, 1.807) is 0 Å². The van der Waals surface area contributed by atoms with Gasteiger partial charge in [-0.2, -0.15) is 5.26 Å². The smallest absolute Gasteiger partial charge is 0.152 e. The molecule has 5 rings (SSSR count). The van der Waals surface area contributed by atoms with Crippen molar-refractivity contribution in [2.24, 2.45) is 29.1 Å². The van der Waals surface area contributed by atoms with Crippen molar-refractivity contribution >= 4 is 5.78 Å². The highest BCUT2D eigenvalue weighted by atomic mass is 16.1. The second kappa shape index (κ2) is 4.56. The molecule has 1 aliphatic heterocycles. The molecule has 3 heteroatoms. The van der Waals surface area contributed by atoms with Gasteiger partial charge in [-0.3, -0.25) is 4.79 Å². The molecule has 5 fully saturated rings. The molecule has 1 unspecified atom stereocenters. The van der Waals surface area contributed by atoms with Crippen molar-refractivity contribution in [3.63, 3.8) is 0 Å². The summed E-state index contributed by atoms with van der Waals surface area (Å²) in [5, 5.41) is 9.11. The van der Waals surface area contributed by atoms with Crippen LogP contribution < -0.4 is 0 Å². The molecule has 0 aromatic carbocycles.